The fraction of sp³-hybridized carbons (Fsp3) is 0.200. The molecule has 1 heterocycles. The molecule has 0 aliphatic heterocycles. The van der Waals surface area contributed by atoms with Crippen molar-refractivity contribution in [2.24, 2.45) is 0 Å². The van der Waals surface area contributed by atoms with E-state index in [4.69, 9.17) is 0 Å². The highest BCUT2D eigenvalue weighted by atomic mass is 15.2. The lowest BCUT2D eigenvalue weighted by molar-refractivity contribution is 1.00. The van der Waals surface area contributed by atoms with Crippen molar-refractivity contribution < 1.29 is 0 Å². The summed E-state index contributed by atoms with van der Waals surface area (Å²) in [5, 5.41) is 6.69. The van der Waals surface area contributed by atoms with Crippen molar-refractivity contribution >= 4 is 29.0 Å². The number of aryl methyl sites for hydroxylation is 2. The maximum Gasteiger partial charge on any atom is 0.228 e. The van der Waals surface area contributed by atoms with E-state index in [-0.39, 0.29) is 0 Å². The molecule has 0 saturated heterocycles. The first-order chi connectivity index (χ1) is 12.0. The van der Waals surface area contributed by atoms with E-state index in [0.29, 0.717) is 5.95 Å². The molecule has 0 aliphatic rings. The number of rotatable bonds is 5. The number of hydrogen-bond donors (Lipinski definition) is 2. The number of nitrogens with one attached hydrogen (secondary N) is 2. The molecule has 0 unspecified atom stereocenters. The summed E-state index contributed by atoms with van der Waals surface area (Å²) < 4.78 is 0. The van der Waals surface area contributed by atoms with Gasteiger partial charge in [-0.1, -0.05) is 35.4 Å². The molecule has 0 atom stereocenters. The van der Waals surface area contributed by atoms with Crippen LogP contribution in [-0.2, 0) is 0 Å². The summed E-state index contributed by atoms with van der Waals surface area (Å²) in [7, 11) is 3.86. The van der Waals surface area contributed by atoms with Gasteiger partial charge in [0.15, 0.2) is 0 Å². The Morgan fingerprint density at radius 2 is 1.08 bits per heavy atom. The normalized spacial score (nSPS) is 10.4. The molecule has 5 nitrogen and oxygen atoms in total. The van der Waals surface area contributed by atoms with Gasteiger partial charge in [0.2, 0.25) is 5.95 Å². The largest absolute Gasteiger partial charge is 0.347 e. The molecule has 0 saturated carbocycles. The molecule has 128 valence electrons. The summed E-state index contributed by atoms with van der Waals surface area (Å²) in [6.45, 7) is 4.14. The second-order valence-electron chi connectivity index (χ2n) is 6.31. The average molecular weight is 333 g/mol. The molecule has 0 bridgehead atoms. The third kappa shape index (κ3) is 4.47. The lowest BCUT2D eigenvalue weighted by Gasteiger charge is -2.15. The summed E-state index contributed by atoms with van der Waals surface area (Å²) in [6.07, 6.45) is 0. The summed E-state index contributed by atoms with van der Waals surface area (Å²) >= 11 is 0. The maximum atomic E-state index is 4.57. The molecule has 0 aliphatic carbocycles. The molecule has 3 rings (SSSR count). The second kappa shape index (κ2) is 7.21. The molecular formula is C20H23N5. The van der Waals surface area contributed by atoms with Gasteiger partial charge in [0, 0.05) is 31.5 Å². The Balaban J connectivity index is 1.88. The first-order valence-electron chi connectivity index (χ1n) is 8.23. The van der Waals surface area contributed by atoms with E-state index in [1.807, 2.05) is 49.3 Å². The highest BCUT2D eigenvalue weighted by molar-refractivity contribution is 5.65. The third-order valence-corrected chi connectivity index (χ3v) is 3.76. The highest BCUT2D eigenvalue weighted by Crippen LogP contribution is 2.23. The second-order valence-corrected chi connectivity index (χ2v) is 6.31. The van der Waals surface area contributed by atoms with E-state index in [2.05, 4.69) is 58.7 Å². The zero-order valence-electron chi connectivity index (χ0n) is 15.0. The van der Waals surface area contributed by atoms with Crippen LogP contribution >= 0.6 is 0 Å². The number of anilines is 5. The molecule has 0 fully saturated rings. The van der Waals surface area contributed by atoms with Gasteiger partial charge in [-0.05, 0) is 38.1 Å². The Labute approximate surface area is 148 Å². The molecule has 25 heavy (non-hydrogen) atoms. The number of aromatic nitrogens is 2. The number of benzene rings is 2. The Kier molecular flexibility index (Phi) is 4.84. The highest BCUT2D eigenvalue weighted by Gasteiger charge is 2.07. The first-order valence-corrected chi connectivity index (χ1v) is 8.23. The predicted molar refractivity (Wildman–Crippen MR) is 105 cm³/mol. The maximum absolute atomic E-state index is 4.57. The van der Waals surface area contributed by atoms with E-state index in [1.165, 1.54) is 11.1 Å². The lowest BCUT2D eigenvalue weighted by Crippen LogP contribution is -2.14. The minimum absolute atomic E-state index is 0.645. The van der Waals surface area contributed by atoms with E-state index in [1.54, 1.807) is 0 Å². The van der Waals surface area contributed by atoms with Crippen molar-refractivity contribution in [3.05, 3.63) is 65.7 Å². The van der Waals surface area contributed by atoms with E-state index in [0.717, 1.165) is 23.0 Å². The third-order valence-electron chi connectivity index (χ3n) is 3.76. The number of hydrogen-bond acceptors (Lipinski definition) is 5. The van der Waals surface area contributed by atoms with E-state index >= 15 is 0 Å². The molecule has 0 amide bonds. The molecule has 3 aromatic rings. The molecular weight excluding hydrogens is 310 g/mol. The van der Waals surface area contributed by atoms with Crippen molar-refractivity contribution in [1.29, 1.82) is 0 Å². The Hall–Kier alpha value is -3.08. The molecule has 2 aromatic carbocycles. The van der Waals surface area contributed by atoms with E-state index in [9.17, 15) is 0 Å². The fourth-order valence-corrected chi connectivity index (χ4v) is 2.33. The summed E-state index contributed by atoms with van der Waals surface area (Å²) in [5.41, 5.74) is 4.44. The zero-order valence-corrected chi connectivity index (χ0v) is 15.0. The van der Waals surface area contributed by atoms with Crippen molar-refractivity contribution in [3.63, 3.8) is 0 Å². The van der Waals surface area contributed by atoms with Gasteiger partial charge in [-0.3, -0.25) is 0 Å². The quantitative estimate of drug-likeness (QED) is 0.712. The standard InChI is InChI=1S/C20H23N5/c1-14-5-9-16(10-6-14)21-18-13-19(24-20(23-18)25(3)4)22-17-11-7-15(2)8-12-17/h5-13H,1-4H3,(H2,21,22,23,24). The molecule has 2 N–H and O–H groups in total. The number of nitrogens with zero attached hydrogens (tertiary/aromatic N) is 3. The minimum atomic E-state index is 0.645. The van der Waals surface area contributed by atoms with Crippen LogP contribution < -0.4 is 15.5 Å². The van der Waals surface area contributed by atoms with Crippen LogP contribution in [0.15, 0.2) is 54.6 Å². The van der Waals surface area contributed by atoms with Crippen LogP contribution in [-0.4, -0.2) is 24.1 Å². The van der Waals surface area contributed by atoms with Gasteiger partial charge in [0.05, 0.1) is 0 Å². The molecule has 0 spiro atoms. The predicted octanol–water partition coefficient (Wildman–Crippen LogP) is 4.65. The van der Waals surface area contributed by atoms with Crippen LogP contribution in [0.5, 0.6) is 0 Å². The summed E-state index contributed by atoms with van der Waals surface area (Å²) in [5.74, 6) is 2.14. The van der Waals surface area contributed by atoms with Gasteiger partial charge < -0.3 is 15.5 Å². The zero-order chi connectivity index (χ0) is 17.8. The van der Waals surface area contributed by atoms with Crippen LogP contribution in [0.4, 0.5) is 29.0 Å². The van der Waals surface area contributed by atoms with Gasteiger partial charge in [-0.2, -0.15) is 9.97 Å². The summed E-state index contributed by atoms with van der Waals surface area (Å²) in [4.78, 5) is 11.0. The van der Waals surface area contributed by atoms with Crippen molar-refractivity contribution in [1.82, 2.24) is 9.97 Å². The van der Waals surface area contributed by atoms with Gasteiger partial charge in [-0.15, -0.1) is 0 Å². The fourth-order valence-electron chi connectivity index (χ4n) is 2.33. The smallest absolute Gasteiger partial charge is 0.228 e. The monoisotopic (exact) mass is 333 g/mol. The lowest BCUT2D eigenvalue weighted by atomic mass is 10.2. The Morgan fingerprint density at radius 3 is 1.44 bits per heavy atom. The van der Waals surface area contributed by atoms with Crippen LogP contribution in [0.1, 0.15) is 11.1 Å². The minimum Gasteiger partial charge on any atom is -0.347 e. The van der Waals surface area contributed by atoms with Crippen LogP contribution in [0, 0.1) is 13.8 Å². The summed E-state index contributed by atoms with van der Waals surface area (Å²) in [6, 6.07) is 18.4. The topological polar surface area (TPSA) is 53.1 Å². The SMILES string of the molecule is Cc1ccc(Nc2cc(Nc3ccc(C)cc3)nc(N(C)C)n2)cc1. The molecule has 5 heteroatoms. The van der Waals surface area contributed by atoms with Gasteiger partial charge in [0.1, 0.15) is 11.6 Å². The van der Waals surface area contributed by atoms with Crippen molar-refractivity contribution in [2.75, 3.05) is 29.6 Å². The Morgan fingerprint density at radius 1 is 0.680 bits per heavy atom. The molecule has 1 aromatic heterocycles. The molecule has 0 radical (unpaired) electrons. The van der Waals surface area contributed by atoms with E-state index < -0.39 is 0 Å². The van der Waals surface area contributed by atoms with Gasteiger partial charge >= 0.3 is 0 Å². The average Bonchev–Trinajstić information content (AvgIpc) is 2.59. The van der Waals surface area contributed by atoms with Crippen LogP contribution in [0.25, 0.3) is 0 Å². The van der Waals surface area contributed by atoms with Crippen molar-refractivity contribution in [2.45, 2.75) is 13.8 Å². The first kappa shape index (κ1) is 16.8. The van der Waals surface area contributed by atoms with Crippen LogP contribution in [0.2, 0.25) is 0 Å². The van der Waals surface area contributed by atoms with Crippen LogP contribution in [0.3, 0.4) is 0 Å². The van der Waals surface area contributed by atoms with Gasteiger partial charge in [-0.25, -0.2) is 0 Å². The van der Waals surface area contributed by atoms with Crippen molar-refractivity contribution in [3.8, 4) is 0 Å². The van der Waals surface area contributed by atoms with Gasteiger partial charge in [0.25, 0.3) is 0 Å². The Bertz CT molecular complexity index is 773.